The topological polar surface area (TPSA) is 15.6 Å². The molecule has 0 atom stereocenters. The van der Waals surface area contributed by atoms with Gasteiger partial charge in [-0.05, 0) is 32.0 Å². The minimum atomic E-state index is 0.840. The lowest BCUT2D eigenvalue weighted by atomic mass is 10.3. The molecular weight excluding hydrogens is 232 g/mol. The Kier molecular flexibility index (Phi) is 32.2. The van der Waals surface area contributed by atoms with Crippen LogP contribution in [-0.4, -0.2) is 30.9 Å². The van der Waals surface area contributed by atoms with Crippen LogP contribution in [0.2, 0.25) is 0 Å². The molecule has 0 aromatic carbocycles. The molecule has 0 saturated heterocycles. The number of allylic oxidation sites excluding steroid dienone is 2. The zero-order valence-electron chi connectivity index (χ0n) is 14.6. The fourth-order valence-electron chi connectivity index (χ4n) is 1.26. The van der Waals surface area contributed by atoms with Crippen LogP contribution in [0.4, 0.5) is 0 Å². The van der Waals surface area contributed by atoms with Gasteiger partial charge in [-0.25, -0.2) is 0 Å². The molecular formula is C17H38N2. The molecule has 0 aromatic heterocycles. The van der Waals surface area contributed by atoms with Crippen molar-refractivity contribution in [1.82, 2.24) is 4.90 Å². The molecule has 116 valence electrons. The average Bonchev–Trinajstić information content (AvgIpc) is 2.50. The molecule has 0 bridgehead atoms. The molecule has 0 radical (unpaired) electrons. The molecule has 0 spiro atoms. The zero-order chi connectivity index (χ0) is 15.4. The number of hydrogen-bond acceptors (Lipinski definition) is 2. The summed E-state index contributed by atoms with van der Waals surface area (Å²) in [7, 11) is 0. The highest BCUT2D eigenvalue weighted by atomic mass is 15.2. The summed E-state index contributed by atoms with van der Waals surface area (Å²) in [6.07, 6.45) is 11.0. The molecule has 0 heterocycles. The average molecular weight is 271 g/mol. The predicted octanol–water partition coefficient (Wildman–Crippen LogP) is 5.55. The first-order valence-electron chi connectivity index (χ1n) is 8.22. The first-order chi connectivity index (χ1) is 9.35. The highest BCUT2D eigenvalue weighted by molar-refractivity contribution is 5.70. The highest BCUT2D eigenvalue weighted by Gasteiger charge is 1.97. The van der Waals surface area contributed by atoms with Crippen LogP contribution in [0.5, 0.6) is 0 Å². The Morgan fingerprint density at radius 1 is 0.947 bits per heavy atom. The van der Waals surface area contributed by atoms with Crippen molar-refractivity contribution in [3.8, 4) is 0 Å². The van der Waals surface area contributed by atoms with Crippen molar-refractivity contribution in [3.63, 3.8) is 0 Å². The van der Waals surface area contributed by atoms with Crippen molar-refractivity contribution in [1.29, 1.82) is 0 Å². The van der Waals surface area contributed by atoms with Gasteiger partial charge in [-0.3, -0.25) is 9.89 Å². The number of unbranched alkanes of at least 4 members (excludes halogenated alkanes) is 2. The van der Waals surface area contributed by atoms with Crippen molar-refractivity contribution in [2.24, 2.45) is 4.99 Å². The predicted molar refractivity (Wildman–Crippen MR) is 92.3 cm³/mol. The van der Waals surface area contributed by atoms with Crippen LogP contribution >= 0.6 is 0 Å². The second-order valence-corrected chi connectivity index (χ2v) is 3.75. The summed E-state index contributed by atoms with van der Waals surface area (Å²) in [6, 6.07) is 0. The number of aliphatic imine (C=N–C) groups is 1. The van der Waals surface area contributed by atoms with Crippen LogP contribution in [-0.2, 0) is 0 Å². The molecule has 0 aromatic rings. The SMILES string of the molecule is CC.CC.CCC/C=C/C=N\CN(CC)CCCC. The van der Waals surface area contributed by atoms with Crippen molar-refractivity contribution in [2.75, 3.05) is 19.8 Å². The minimum Gasteiger partial charge on any atom is -0.285 e. The molecule has 0 saturated carbocycles. The third kappa shape index (κ3) is 23.0. The fourth-order valence-corrected chi connectivity index (χ4v) is 1.26. The van der Waals surface area contributed by atoms with E-state index in [-0.39, 0.29) is 0 Å². The van der Waals surface area contributed by atoms with E-state index >= 15 is 0 Å². The van der Waals surface area contributed by atoms with Gasteiger partial charge in [0.25, 0.3) is 0 Å². The fraction of sp³-hybridized carbons (Fsp3) is 0.824. The highest BCUT2D eigenvalue weighted by Crippen LogP contribution is 1.94. The van der Waals surface area contributed by atoms with Gasteiger partial charge in [0, 0.05) is 6.21 Å². The van der Waals surface area contributed by atoms with Crippen LogP contribution < -0.4 is 0 Å². The molecule has 0 aliphatic carbocycles. The smallest absolute Gasteiger partial charge is 0.0909 e. The van der Waals surface area contributed by atoms with Gasteiger partial charge in [0.05, 0.1) is 6.67 Å². The van der Waals surface area contributed by atoms with Gasteiger partial charge in [-0.1, -0.05) is 67.4 Å². The Morgan fingerprint density at radius 3 is 2.05 bits per heavy atom. The molecule has 2 heteroatoms. The van der Waals surface area contributed by atoms with E-state index in [2.05, 4.69) is 42.8 Å². The summed E-state index contributed by atoms with van der Waals surface area (Å²) < 4.78 is 0. The zero-order valence-corrected chi connectivity index (χ0v) is 14.6. The quantitative estimate of drug-likeness (QED) is 0.502. The largest absolute Gasteiger partial charge is 0.285 e. The number of nitrogens with zero attached hydrogens (tertiary/aromatic N) is 2. The summed E-state index contributed by atoms with van der Waals surface area (Å²) in [5, 5.41) is 0. The first kappa shape index (κ1) is 23.5. The standard InChI is InChI=1S/C13H26N2.2C2H6/c1-4-7-9-10-11-14-13-15(6-3)12-8-5-2;2*1-2/h9-11H,4-8,12-13H2,1-3H3;2*1-2H3/b10-9+,14-11-;;. The van der Waals surface area contributed by atoms with E-state index in [1.54, 1.807) is 0 Å². The Bertz CT molecular complexity index is 174. The molecule has 2 nitrogen and oxygen atoms in total. The van der Waals surface area contributed by atoms with Gasteiger partial charge in [0.1, 0.15) is 0 Å². The van der Waals surface area contributed by atoms with Crippen molar-refractivity contribution in [2.45, 2.75) is 74.1 Å². The van der Waals surface area contributed by atoms with Gasteiger partial charge >= 0.3 is 0 Å². The van der Waals surface area contributed by atoms with E-state index in [4.69, 9.17) is 0 Å². The van der Waals surface area contributed by atoms with E-state index in [0.29, 0.717) is 0 Å². The van der Waals surface area contributed by atoms with Crippen LogP contribution in [0.1, 0.15) is 74.1 Å². The maximum atomic E-state index is 4.38. The van der Waals surface area contributed by atoms with E-state index < -0.39 is 0 Å². The molecule has 0 rings (SSSR count). The van der Waals surface area contributed by atoms with Crippen LogP contribution in [0.15, 0.2) is 17.1 Å². The molecule has 19 heavy (non-hydrogen) atoms. The maximum absolute atomic E-state index is 4.38. The van der Waals surface area contributed by atoms with E-state index in [0.717, 1.165) is 19.6 Å². The third-order valence-corrected chi connectivity index (χ3v) is 2.34. The summed E-state index contributed by atoms with van der Waals surface area (Å²) >= 11 is 0. The first-order valence-corrected chi connectivity index (χ1v) is 8.22. The molecule has 0 aliphatic heterocycles. The second kappa shape index (κ2) is 26.0. The van der Waals surface area contributed by atoms with E-state index in [9.17, 15) is 0 Å². The third-order valence-electron chi connectivity index (χ3n) is 2.34. The monoisotopic (exact) mass is 270 g/mol. The van der Waals surface area contributed by atoms with Crippen molar-refractivity contribution >= 4 is 6.21 Å². The lowest BCUT2D eigenvalue weighted by Crippen LogP contribution is -2.24. The molecule has 0 amide bonds. The Morgan fingerprint density at radius 2 is 1.58 bits per heavy atom. The molecule has 0 fully saturated rings. The lowest BCUT2D eigenvalue weighted by molar-refractivity contribution is 0.293. The second-order valence-electron chi connectivity index (χ2n) is 3.75. The van der Waals surface area contributed by atoms with Gasteiger partial charge in [-0.2, -0.15) is 0 Å². The van der Waals surface area contributed by atoms with E-state index in [1.165, 1.54) is 25.8 Å². The lowest BCUT2D eigenvalue weighted by Gasteiger charge is -2.16. The van der Waals surface area contributed by atoms with E-state index in [1.807, 2.05) is 33.9 Å². The number of rotatable bonds is 9. The summed E-state index contributed by atoms with van der Waals surface area (Å²) in [5.41, 5.74) is 0. The van der Waals surface area contributed by atoms with Gasteiger partial charge in [0.2, 0.25) is 0 Å². The Balaban J connectivity index is -0.000000579. The van der Waals surface area contributed by atoms with Crippen LogP contribution in [0.3, 0.4) is 0 Å². The minimum absolute atomic E-state index is 0.840. The van der Waals surface area contributed by atoms with Crippen LogP contribution in [0.25, 0.3) is 0 Å². The Hall–Kier alpha value is -0.630. The van der Waals surface area contributed by atoms with Crippen molar-refractivity contribution < 1.29 is 0 Å². The summed E-state index contributed by atoms with van der Waals surface area (Å²) in [5.74, 6) is 0. The normalized spacial score (nSPS) is 10.3. The van der Waals surface area contributed by atoms with Gasteiger partial charge < -0.3 is 0 Å². The van der Waals surface area contributed by atoms with Crippen LogP contribution in [0, 0.1) is 0 Å². The molecule has 0 N–H and O–H groups in total. The van der Waals surface area contributed by atoms with Gasteiger partial charge in [-0.15, -0.1) is 0 Å². The molecule has 0 aliphatic rings. The maximum Gasteiger partial charge on any atom is 0.0909 e. The summed E-state index contributed by atoms with van der Waals surface area (Å²) in [6.45, 7) is 17.7. The van der Waals surface area contributed by atoms with Crippen molar-refractivity contribution in [3.05, 3.63) is 12.2 Å². The Labute approximate surface area is 123 Å². The van der Waals surface area contributed by atoms with Gasteiger partial charge in [0.15, 0.2) is 0 Å². The molecule has 0 unspecified atom stereocenters. The number of hydrogen-bond donors (Lipinski definition) is 0. The summed E-state index contributed by atoms with van der Waals surface area (Å²) in [4.78, 5) is 6.75.